The average molecular weight is 477 g/mol. The van der Waals surface area contributed by atoms with Gasteiger partial charge < -0.3 is 30.5 Å². The number of hydrogen-bond acceptors (Lipinski definition) is 12. The Balaban J connectivity index is 0.00000341. The minimum absolute atomic E-state index is 0. The number of carboxylic acids is 1. The molecule has 2 atom stereocenters. The maximum Gasteiger partial charge on any atom is 1.00 e. The molecule has 2 aliphatic heterocycles. The van der Waals surface area contributed by atoms with Crippen molar-refractivity contribution < 1.29 is 63.4 Å². The summed E-state index contributed by atoms with van der Waals surface area (Å²) >= 11 is 2.32. The van der Waals surface area contributed by atoms with Crippen LogP contribution in [0.4, 0.5) is 5.13 Å². The Bertz CT molecular complexity index is 979. The minimum atomic E-state index is -1.57. The van der Waals surface area contributed by atoms with Gasteiger partial charge in [0, 0.05) is 23.6 Å². The first-order chi connectivity index (χ1) is 14.2. The smallest absolute Gasteiger partial charge is 0.543 e. The number of nitrogens with two attached hydrogens (primary N) is 1. The zero-order valence-electron chi connectivity index (χ0n) is 16.7. The molecule has 160 valence electrons. The zero-order chi connectivity index (χ0) is 22.0. The van der Waals surface area contributed by atoms with Crippen LogP contribution in [0.15, 0.2) is 21.8 Å². The third-order valence-corrected chi connectivity index (χ3v) is 6.15. The Labute approximate surface area is 206 Å². The van der Waals surface area contributed by atoms with Crippen LogP contribution in [0.3, 0.4) is 0 Å². The van der Waals surface area contributed by atoms with E-state index in [4.69, 9.17) is 10.5 Å². The molecule has 0 bridgehead atoms. The molecule has 3 rings (SSSR count). The molecule has 0 aromatic carbocycles. The molecule has 1 aromatic rings. The molecular weight excluding hydrogens is 461 g/mol. The number of β-lactam (4-membered cyclic amide) rings is 1. The number of nitrogen functional groups attached to an aromatic ring is 1. The zero-order valence-corrected chi connectivity index (χ0v) is 20.4. The summed E-state index contributed by atoms with van der Waals surface area (Å²) < 4.78 is 4.85. The Morgan fingerprint density at radius 2 is 2.16 bits per heavy atom. The number of ether oxygens (including phenoxy) is 1. The molecular formula is C16H16N5NaO7S2. The van der Waals surface area contributed by atoms with Gasteiger partial charge in [-0.15, -0.1) is 23.1 Å². The Morgan fingerprint density at radius 1 is 1.45 bits per heavy atom. The fourth-order valence-electron chi connectivity index (χ4n) is 2.87. The van der Waals surface area contributed by atoms with E-state index >= 15 is 0 Å². The van der Waals surface area contributed by atoms with Crippen LogP contribution in [0, 0.1) is 0 Å². The van der Waals surface area contributed by atoms with E-state index in [1.807, 2.05) is 0 Å². The largest absolute Gasteiger partial charge is 1.00 e. The predicted molar refractivity (Wildman–Crippen MR) is 104 cm³/mol. The summed E-state index contributed by atoms with van der Waals surface area (Å²) in [5.41, 5.74) is 5.46. The van der Waals surface area contributed by atoms with Crippen LogP contribution < -0.4 is 45.7 Å². The predicted octanol–water partition coefficient (Wildman–Crippen LogP) is -4.95. The van der Waals surface area contributed by atoms with Crippen LogP contribution in [-0.2, 0) is 28.8 Å². The molecule has 1 fully saturated rings. The van der Waals surface area contributed by atoms with Gasteiger partial charge in [0.1, 0.15) is 30.8 Å². The van der Waals surface area contributed by atoms with E-state index in [9.17, 15) is 24.3 Å². The topological polar surface area (TPSA) is 176 Å². The molecule has 3 N–H and O–H groups in total. The number of carbonyl (C=O) groups excluding carboxylic acids is 4. The molecule has 0 aliphatic carbocycles. The van der Waals surface area contributed by atoms with Crippen molar-refractivity contribution in [2.45, 2.75) is 18.3 Å². The Morgan fingerprint density at radius 3 is 2.71 bits per heavy atom. The molecule has 0 spiro atoms. The number of aliphatic carboxylic acids is 1. The van der Waals surface area contributed by atoms with E-state index in [1.54, 1.807) is 0 Å². The third-order valence-electron chi connectivity index (χ3n) is 4.14. The van der Waals surface area contributed by atoms with Gasteiger partial charge in [0.2, 0.25) is 0 Å². The van der Waals surface area contributed by atoms with Crippen molar-refractivity contribution in [1.82, 2.24) is 15.2 Å². The number of carbonyl (C=O) groups is 4. The second kappa shape index (κ2) is 10.5. The second-order valence-corrected chi connectivity index (χ2v) is 8.07. The number of carboxylic acid groups (broad SMARTS) is 1. The van der Waals surface area contributed by atoms with Gasteiger partial charge in [-0.3, -0.25) is 19.3 Å². The first-order valence-electron chi connectivity index (χ1n) is 8.39. The number of aromatic nitrogens is 1. The van der Waals surface area contributed by atoms with Crippen molar-refractivity contribution in [3.05, 3.63) is 22.3 Å². The first kappa shape index (κ1) is 25.1. The fraction of sp³-hybridized carbons (Fsp3) is 0.375. The van der Waals surface area contributed by atoms with Crippen LogP contribution in [-0.4, -0.2) is 70.2 Å². The van der Waals surface area contributed by atoms with Gasteiger partial charge in [0.15, 0.2) is 10.8 Å². The van der Waals surface area contributed by atoms with Gasteiger partial charge in [-0.25, -0.2) is 4.98 Å². The molecule has 0 saturated carbocycles. The van der Waals surface area contributed by atoms with E-state index in [1.165, 1.54) is 31.2 Å². The summed E-state index contributed by atoms with van der Waals surface area (Å²) in [5.74, 6) is -3.35. The van der Waals surface area contributed by atoms with Crippen molar-refractivity contribution >= 4 is 57.7 Å². The standard InChI is InChI=1S/C16H17N5O7S2.Na/c1-6(22)28-3-7-4-29-14-10(13(24)21(14)11(7)15(25)26)19-12(23)9(20-27-2)8-5-30-16(17)18-8;/h5,10,14H,3-4H2,1-2H3,(H2,17,18)(H,19,23)(H,25,26);/q;+1/p-1/b20-9+;/t10-,14-;/m1./s1. The van der Waals surface area contributed by atoms with Crippen LogP contribution in [0.25, 0.3) is 0 Å². The minimum Gasteiger partial charge on any atom is -0.543 e. The van der Waals surface area contributed by atoms with Crippen LogP contribution >= 0.6 is 23.1 Å². The van der Waals surface area contributed by atoms with Crippen molar-refractivity contribution in [1.29, 1.82) is 0 Å². The van der Waals surface area contributed by atoms with E-state index in [0.717, 1.165) is 16.2 Å². The average Bonchev–Trinajstić information content (AvgIpc) is 3.13. The Kier molecular flexibility index (Phi) is 8.48. The number of nitrogens with zero attached hydrogens (tertiary/aromatic N) is 3. The number of amides is 2. The van der Waals surface area contributed by atoms with Crippen molar-refractivity contribution in [3.8, 4) is 0 Å². The number of anilines is 1. The van der Waals surface area contributed by atoms with Crippen LogP contribution in [0.1, 0.15) is 12.6 Å². The molecule has 3 heterocycles. The number of thiazole rings is 1. The van der Waals surface area contributed by atoms with Crippen LogP contribution in [0.2, 0.25) is 0 Å². The number of oxime groups is 1. The summed E-state index contributed by atoms with van der Waals surface area (Å²) in [5, 5.41) is 18.8. The summed E-state index contributed by atoms with van der Waals surface area (Å²) in [4.78, 5) is 57.5. The summed E-state index contributed by atoms with van der Waals surface area (Å²) in [6.07, 6.45) is 0. The number of rotatable bonds is 7. The fourth-order valence-corrected chi connectivity index (χ4v) is 4.75. The molecule has 0 unspecified atom stereocenters. The molecule has 2 amide bonds. The van der Waals surface area contributed by atoms with Crippen molar-refractivity contribution in [2.24, 2.45) is 5.16 Å². The van der Waals surface area contributed by atoms with Gasteiger partial charge in [0.05, 0.1) is 11.7 Å². The SMILES string of the molecule is CO/N=C(/C(=O)N[C@@H]1C(=O)N2C(C(=O)[O-])=C(COC(C)=O)CS[C@H]12)c1csc(N)n1.[Na+]. The van der Waals surface area contributed by atoms with Gasteiger partial charge in [-0.1, -0.05) is 5.16 Å². The molecule has 0 radical (unpaired) electrons. The third kappa shape index (κ3) is 5.20. The monoisotopic (exact) mass is 477 g/mol. The molecule has 15 heteroatoms. The van der Waals surface area contributed by atoms with E-state index < -0.39 is 35.2 Å². The molecule has 12 nitrogen and oxygen atoms in total. The van der Waals surface area contributed by atoms with Gasteiger partial charge in [-0.05, 0) is 0 Å². The maximum atomic E-state index is 12.6. The molecule has 1 aromatic heterocycles. The van der Waals surface area contributed by atoms with E-state index in [0.29, 0.717) is 0 Å². The summed E-state index contributed by atoms with van der Waals surface area (Å²) in [6, 6.07) is -0.995. The molecule has 2 aliphatic rings. The summed E-state index contributed by atoms with van der Waals surface area (Å²) in [6.45, 7) is 0.919. The summed E-state index contributed by atoms with van der Waals surface area (Å²) in [7, 11) is 1.25. The van der Waals surface area contributed by atoms with Gasteiger partial charge in [-0.2, -0.15) is 0 Å². The van der Waals surface area contributed by atoms with Crippen molar-refractivity contribution in [2.75, 3.05) is 25.2 Å². The van der Waals surface area contributed by atoms with Crippen molar-refractivity contribution in [3.63, 3.8) is 0 Å². The molecule has 1 saturated heterocycles. The van der Waals surface area contributed by atoms with Gasteiger partial charge in [0.25, 0.3) is 11.8 Å². The Hall–Kier alpha value is -2.13. The van der Waals surface area contributed by atoms with Crippen LogP contribution in [0.5, 0.6) is 0 Å². The number of thioether (sulfide) groups is 1. The van der Waals surface area contributed by atoms with E-state index in [2.05, 4.69) is 20.3 Å². The second-order valence-electron chi connectivity index (χ2n) is 6.07. The number of hydrogen-bond donors (Lipinski definition) is 2. The quantitative estimate of drug-likeness (QED) is 0.127. The van der Waals surface area contributed by atoms with Gasteiger partial charge >= 0.3 is 35.5 Å². The molecule has 31 heavy (non-hydrogen) atoms. The van der Waals surface area contributed by atoms with E-state index in [-0.39, 0.29) is 69.7 Å². The first-order valence-corrected chi connectivity index (χ1v) is 10.3. The maximum absolute atomic E-state index is 12.6. The number of fused-ring (bicyclic) bond motifs is 1. The normalized spacial score (nSPS) is 20.3. The number of nitrogens with one attached hydrogen (secondary N) is 1. The number of esters is 1.